The van der Waals surface area contributed by atoms with E-state index in [2.05, 4.69) is 17.2 Å². The number of carbonyl (C=O) groups is 1. The SMILES string of the molecule is CCOC1CC(NC(=O)c2cccc3cnccc23)C12CCCC2. The van der Waals surface area contributed by atoms with Crippen molar-refractivity contribution < 1.29 is 9.53 Å². The van der Waals surface area contributed by atoms with Gasteiger partial charge in [0.05, 0.1) is 6.10 Å². The summed E-state index contributed by atoms with van der Waals surface area (Å²) in [6.07, 6.45) is 9.62. The third-order valence-electron chi connectivity index (χ3n) is 5.92. The quantitative estimate of drug-likeness (QED) is 0.933. The van der Waals surface area contributed by atoms with E-state index in [0.29, 0.717) is 6.10 Å². The summed E-state index contributed by atoms with van der Waals surface area (Å²) in [6, 6.07) is 7.97. The number of nitrogens with zero attached hydrogens (tertiary/aromatic N) is 1. The molecule has 4 rings (SSSR count). The van der Waals surface area contributed by atoms with Crippen LogP contribution in [0.15, 0.2) is 36.7 Å². The molecule has 2 aliphatic carbocycles. The number of carbonyl (C=O) groups excluding carboxylic acids is 1. The van der Waals surface area contributed by atoms with Crippen LogP contribution in [0.2, 0.25) is 0 Å². The number of amides is 1. The van der Waals surface area contributed by atoms with Gasteiger partial charge in [-0.15, -0.1) is 0 Å². The molecule has 2 saturated carbocycles. The van der Waals surface area contributed by atoms with Crippen LogP contribution in [-0.2, 0) is 4.74 Å². The molecule has 2 atom stereocenters. The van der Waals surface area contributed by atoms with Crippen LogP contribution in [-0.4, -0.2) is 29.6 Å². The molecule has 2 aliphatic rings. The minimum absolute atomic E-state index is 0.0259. The smallest absolute Gasteiger partial charge is 0.252 e. The average molecular weight is 324 g/mol. The first-order valence-electron chi connectivity index (χ1n) is 9.00. The molecule has 2 aromatic rings. The number of nitrogens with one attached hydrogen (secondary N) is 1. The highest BCUT2D eigenvalue weighted by Crippen LogP contribution is 2.54. The Morgan fingerprint density at radius 3 is 2.96 bits per heavy atom. The third-order valence-corrected chi connectivity index (χ3v) is 5.92. The molecule has 24 heavy (non-hydrogen) atoms. The molecule has 1 N–H and O–H groups in total. The van der Waals surface area contributed by atoms with Crippen molar-refractivity contribution in [1.29, 1.82) is 0 Å². The summed E-state index contributed by atoms with van der Waals surface area (Å²) < 4.78 is 5.94. The molecule has 4 nitrogen and oxygen atoms in total. The van der Waals surface area contributed by atoms with Crippen LogP contribution in [0.4, 0.5) is 0 Å². The van der Waals surface area contributed by atoms with Gasteiger partial charge in [-0.05, 0) is 43.7 Å². The minimum atomic E-state index is 0.0259. The van der Waals surface area contributed by atoms with Gasteiger partial charge >= 0.3 is 0 Å². The Hall–Kier alpha value is -1.94. The number of ether oxygens (including phenoxy) is 1. The van der Waals surface area contributed by atoms with E-state index in [4.69, 9.17) is 4.74 Å². The second kappa shape index (κ2) is 6.17. The van der Waals surface area contributed by atoms with Crippen LogP contribution < -0.4 is 5.32 Å². The van der Waals surface area contributed by atoms with Gasteiger partial charge in [0, 0.05) is 41.4 Å². The van der Waals surface area contributed by atoms with E-state index in [-0.39, 0.29) is 17.4 Å². The fourth-order valence-electron chi connectivity index (χ4n) is 4.65. The van der Waals surface area contributed by atoms with Crippen LogP contribution in [0, 0.1) is 5.41 Å². The van der Waals surface area contributed by atoms with Crippen molar-refractivity contribution in [3.05, 3.63) is 42.2 Å². The summed E-state index contributed by atoms with van der Waals surface area (Å²) in [4.78, 5) is 17.0. The van der Waals surface area contributed by atoms with Crippen LogP contribution in [0.5, 0.6) is 0 Å². The lowest BCUT2D eigenvalue weighted by Gasteiger charge is -2.54. The maximum Gasteiger partial charge on any atom is 0.252 e. The fourth-order valence-corrected chi connectivity index (χ4v) is 4.65. The van der Waals surface area contributed by atoms with Crippen molar-refractivity contribution in [2.45, 2.75) is 51.2 Å². The van der Waals surface area contributed by atoms with Gasteiger partial charge < -0.3 is 10.1 Å². The Bertz CT molecular complexity index is 747. The largest absolute Gasteiger partial charge is 0.378 e. The molecule has 4 heteroatoms. The van der Waals surface area contributed by atoms with Gasteiger partial charge in [0.2, 0.25) is 0 Å². The van der Waals surface area contributed by atoms with E-state index in [1.807, 2.05) is 24.3 Å². The predicted octanol–water partition coefficient (Wildman–Crippen LogP) is 3.70. The zero-order valence-electron chi connectivity index (χ0n) is 14.1. The first-order valence-corrected chi connectivity index (χ1v) is 9.00. The van der Waals surface area contributed by atoms with Gasteiger partial charge in [-0.1, -0.05) is 25.0 Å². The van der Waals surface area contributed by atoms with Gasteiger partial charge in [-0.3, -0.25) is 9.78 Å². The Morgan fingerprint density at radius 1 is 1.33 bits per heavy atom. The maximum atomic E-state index is 12.9. The summed E-state index contributed by atoms with van der Waals surface area (Å²) in [6.45, 7) is 2.81. The van der Waals surface area contributed by atoms with Gasteiger partial charge in [0.25, 0.3) is 5.91 Å². The molecule has 1 heterocycles. The van der Waals surface area contributed by atoms with Crippen LogP contribution in [0.1, 0.15) is 49.4 Å². The summed E-state index contributed by atoms with van der Waals surface area (Å²) in [5.41, 5.74) is 0.903. The van der Waals surface area contributed by atoms with Gasteiger partial charge in [0.1, 0.15) is 0 Å². The summed E-state index contributed by atoms with van der Waals surface area (Å²) in [5.74, 6) is 0.0259. The van der Waals surface area contributed by atoms with Crippen molar-refractivity contribution in [2.75, 3.05) is 6.61 Å². The highest BCUT2D eigenvalue weighted by molar-refractivity contribution is 6.06. The number of hydrogen-bond donors (Lipinski definition) is 1. The fraction of sp³-hybridized carbons (Fsp3) is 0.500. The summed E-state index contributed by atoms with van der Waals surface area (Å²) >= 11 is 0. The van der Waals surface area contributed by atoms with Gasteiger partial charge in [-0.25, -0.2) is 0 Å². The first kappa shape index (κ1) is 15.6. The average Bonchev–Trinajstić information content (AvgIpc) is 3.13. The zero-order chi connectivity index (χ0) is 16.6. The number of fused-ring (bicyclic) bond motifs is 1. The third kappa shape index (κ3) is 2.40. The second-order valence-corrected chi connectivity index (χ2v) is 7.05. The molecule has 1 spiro atoms. The number of pyridine rings is 1. The molecule has 0 saturated heterocycles. The van der Waals surface area contributed by atoms with Crippen LogP contribution in [0.3, 0.4) is 0 Å². The van der Waals surface area contributed by atoms with Crippen molar-refractivity contribution in [2.24, 2.45) is 5.41 Å². The van der Waals surface area contributed by atoms with E-state index in [1.165, 1.54) is 25.7 Å². The Labute approximate surface area is 142 Å². The maximum absolute atomic E-state index is 12.9. The standard InChI is InChI=1S/C20H24N2O2/c1-2-24-18-12-17(20(18)9-3-4-10-20)22-19(23)16-7-5-6-14-13-21-11-8-15(14)16/h5-8,11,13,17-18H,2-4,9-10,12H2,1H3,(H,22,23). The van der Waals surface area contributed by atoms with Gasteiger partial charge in [-0.2, -0.15) is 0 Å². The Kier molecular flexibility index (Phi) is 4.01. The zero-order valence-corrected chi connectivity index (χ0v) is 14.1. The van der Waals surface area contributed by atoms with Crippen LogP contribution in [0.25, 0.3) is 10.8 Å². The molecular formula is C20H24N2O2. The normalized spacial score (nSPS) is 24.9. The molecule has 1 aromatic carbocycles. The number of rotatable bonds is 4. The van der Waals surface area contributed by atoms with E-state index < -0.39 is 0 Å². The molecule has 126 valence electrons. The minimum Gasteiger partial charge on any atom is -0.378 e. The Balaban J connectivity index is 1.56. The lowest BCUT2D eigenvalue weighted by atomic mass is 9.60. The number of aromatic nitrogens is 1. The molecule has 0 radical (unpaired) electrons. The molecule has 0 bridgehead atoms. The molecule has 1 aromatic heterocycles. The summed E-state index contributed by atoms with van der Waals surface area (Å²) in [5, 5.41) is 5.27. The first-order chi connectivity index (χ1) is 11.7. The van der Waals surface area contributed by atoms with Gasteiger partial charge in [0.15, 0.2) is 0 Å². The topological polar surface area (TPSA) is 51.2 Å². The van der Waals surface area contributed by atoms with Crippen molar-refractivity contribution >= 4 is 16.7 Å². The molecule has 2 fully saturated rings. The lowest BCUT2D eigenvalue weighted by Crippen LogP contribution is -2.63. The number of hydrogen-bond acceptors (Lipinski definition) is 3. The molecule has 2 unspecified atom stereocenters. The van der Waals surface area contributed by atoms with Crippen molar-refractivity contribution in [3.8, 4) is 0 Å². The Morgan fingerprint density at radius 2 is 2.17 bits per heavy atom. The molecule has 1 amide bonds. The monoisotopic (exact) mass is 324 g/mol. The molecule has 0 aliphatic heterocycles. The van der Waals surface area contributed by atoms with E-state index in [1.54, 1.807) is 12.4 Å². The summed E-state index contributed by atoms with van der Waals surface area (Å²) in [7, 11) is 0. The lowest BCUT2D eigenvalue weighted by molar-refractivity contribution is -0.127. The number of benzene rings is 1. The molecular weight excluding hydrogens is 300 g/mol. The van der Waals surface area contributed by atoms with Crippen molar-refractivity contribution in [1.82, 2.24) is 10.3 Å². The van der Waals surface area contributed by atoms with Crippen molar-refractivity contribution in [3.63, 3.8) is 0 Å². The predicted molar refractivity (Wildman–Crippen MR) is 93.9 cm³/mol. The van der Waals surface area contributed by atoms with Crippen LogP contribution >= 0.6 is 0 Å². The highest BCUT2D eigenvalue weighted by atomic mass is 16.5. The highest BCUT2D eigenvalue weighted by Gasteiger charge is 2.57. The van der Waals surface area contributed by atoms with E-state index in [9.17, 15) is 4.79 Å². The van der Waals surface area contributed by atoms with E-state index in [0.717, 1.165) is 29.4 Å². The second-order valence-electron chi connectivity index (χ2n) is 7.05. The van der Waals surface area contributed by atoms with E-state index >= 15 is 0 Å².